The topological polar surface area (TPSA) is 105 Å². The first-order valence-corrected chi connectivity index (χ1v) is 13.1. The van der Waals surface area contributed by atoms with Crippen molar-refractivity contribution in [3.8, 4) is 0 Å². The van der Waals surface area contributed by atoms with Crippen LogP contribution in [-0.2, 0) is 20.7 Å². The van der Waals surface area contributed by atoms with Crippen molar-refractivity contribution < 1.29 is 37.0 Å². The van der Waals surface area contributed by atoms with Crippen LogP contribution in [0.2, 0.25) is 0 Å². The molecule has 208 valence electrons. The van der Waals surface area contributed by atoms with Crippen molar-refractivity contribution in [1.82, 2.24) is 9.88 Å². The van der Waals surface area contributed by atoms with Gasteiger partial charge < -0.3 is 24.5 Å². The zero-order valence-electron chi connectivity index (χ0n) is 21.5. The Morgan fingerprint density at radius 2 is 1.95 bits per heavy atom. The predicted molar refractivity (Wildman–Crippen MR) is 136 cm³/mol. The van der Waals surface area contributed by atoms with Crippen LogP contribution in [0.15, 0.2) is 34.7 Å². The summed E-state index contributed by atoms with van der Waals surface area (Å²) < 4.78 is 54.8. The molecule has 2 fully saturated rings. The minimum Gasteiger partial charge on any atom is -0.481 e. The molecule has 0 unspecified atom stereocenters. The van der Waals surface area contributed by atoms with E-state index in [9.17, 15) is 18.4 Å². The Hall–Kier alpha value is -3.60. The number of nitrogens with zero attached hydrogens (tertiary/aromatic N) is 2. The highest BCUT2D eigenvalue weighted by atomic mass is 19.1. The van der Waals surface area contributed by atoms with Crippen molar-refractivity contribution in [2.75, 3.05) is 18.5 Å². The van der Waals surface area contributed by atoms with Crippen molar-refractivity contribution in [2.45, 2.75) is 63.8 Å². The molecule has 1 aliphatic carbocycles. The number of anilines is 2. The number of ether oxygens (including phenoxy) is 1. The van der Waals surface area contributed by atoms with Gasteiger partial charge in [0.15, 0.2) is 11.4 Å². The summed E-state index contributed by atoms with van der Waals surface area (Å²) in [5.41, 5.74) is 1.35. The van der Waals surface area contributed by atoms with Gasteiger partial charge in [0.1, 0.15) is 17.5 Å². The molecule has 0 bridgehead atoms. The molecule has 1 saturated carbocycles. The average molecular weight is 546 g/mol. The van der Waals surface area contributed by atoms with E-state index in [4.69, 9.17) is 14.3 Å². The minimum atomic E-state index is -1.20. The smallest absolute Gasteiger partial charge is 0.306 e. The number of alkyl halides is 1. The second-order valence-corrected chi connectivity index (χ2v) is 10.3. The quantitative estimate of drug-likeness (QED) is 0.396. The van der Waals surface area contributed by atoms with Gasteiger partial charge in [0.05, 0.1) is 37.6 Å². The number of oxazole rings is 1. The van der Waals surface area contributed by atoms with Gasteiger partial charge in [0.25, 0.3) is 6.01 Å². The molecule has 39 heavy (non-hydrogen) atoms. The summed E-state index contributed by atoms with van der Waals surface area (Å²) in [5, 5.41) is 12.0. The maximum absolute atomic E-state index is 15.3. The number of benzene rings is 2. The maximum atomic E-state index is 15.3. The van der Waals surface area contributed by atoms with Gasteiger partial charge in [-0.1, -0.05) is 12.1 Å². The van der Waals surface area contributed by atoms with E-state index in [-0.39, 0.29) is 60.7 Å². The summed E-state index contributed by atoms with van der Waals surface area (Å²) in [4.78, 5) is 29.9. The number of rotatable bonds is 8. The second-order valence-electron chi connectivity index (χ2n) is 10.3. The van der Waals surface area contributed by atoms with Crippen LogP contribution in [0.5, 0.6) is 0 Å². The first-order valence-electron chi connectivity index (χ1n) is 13.1. The highest BCUT2D eigenvalue weighted by Gasteiger charge is 2.37. The number of carboxylic acids is 1. The lowest BCUT2D eigenvalue weighted by Crippen LogP contribution is -2.40. The highest BCUT2D eigenvalue weighted by Crippen LogP contribution is 2.30. The number of aryl methyl sites for hydroxylation is 1. The third-order valence-corrected chi connectivity index (χ3v) is 7.59. The number of nitrogens with one attached hydrogen (secondary N) is 1. The van der Waals surface area contributed by atoms with E-state index in [1.165, 1.54) is 29.2 Å². The van der Waals surface area contributed by atoms with Crippen LogP contribution in [0.25, 0.3) is 11.1 Å². The Morgan fingerprint density at radius 1 is 1.18 bits per heavy atom. The molecule has 1 aliphatic heterocycles. The summed E-state index contributed by atoms with van der Waals surface area (Å²) in [6.45, 7) is 1.83. The molecule has 11 heteroatoms. The SMILES string of the molecule is Cc1ccc(F)cc1Nc1nc2ccc(CC(=O)N3C[C@@H](F)C[C@H]3CO[C@H]3CC[C@H](C(=O)O)CC3)c(F)c2o1. The lowest BCUT2D eigenvalue weighted by atomic mass is 9.87. The van der Waals surface area contributed by atoms with Gasteiger partial charge in [-0.15, -0.1) is 0 Å². The summed E-state index contributed by atoms with van der Waals surface area (Å²) in [5.74, 6) is -2.77. The number of carbonyl (C=O) groups is 2. The van der Waals surface area contributed by atoms with Gasteiger partial charge in [-0.2, -0.15) is 4.98 Å². The third kappa shape index (κ3) is 6.03. The Labute approximate surface area is 223 Å². The number of aromatic nitrogens is 1. The molecular formula is C28H30F3N3O5. The Morgan fingerprint density at radius 3 is 2.69 bits per heavy atom. The van der Waals surface area contributed by atoms with E-state index in [2.05, 4.69) is 10.3 Å². The van der Waals surface area contributed by atoms with E-state index >= 15 is 4.39 Å². The first-order chi connectivity index (χ1) is 18.7. The van der Waals surface area contributed by atoms with Crippen LogP contribution < -0.4 is 5.32 Å². The molecule has 2 aromatic carbocycles. The number of hydrogen-bond donors (Lipinski definition) is 2. The summed E-state index contributed by atoms with van der Waals surface area (Å²) in [6, 6.07) is 6.68. The van der Waals surface area contributed by atoms with Crippen LogP contribution in [0.4, 0.5) is 24.9 Å². The van der Waals surface area contributed by atoms with Gasteiger partial charge in [0.2, 0.25) is 5.91 Å². The zero-order valence-corrected chi connectivity index (χ0v) is 21.5. The molecule has 2 N–H and O–H groups in total. The fourth-order valence-electron chi connectivity index (χ4n) is 5.35. The van der Waals surface area contributed by atoms with Gasteiger partial charge in [-0.3, -0.25) is 9.59 Å². The zero-order chi connectivity index (χ0) is 27.7. The fourth-order valence-corrected chi connectivity index (χ4v) is 5.35. The molecule has 0 spiro atoms. The maximum Gasteiger partial charge on any atom is 0.306 e. The Kier molecular flexibility index (Phi) is 7.79. The number of fused-ring (bicyclic) bond motifs is 1. The number of carboxylic acid groups (broad SMARTS) is 1. The van der Waals surface area contributed by atoms with Crippen LogP contribution in [0.3, 0.4) is 0 Å². The minimum absolute atomic E-state index is 0.0181. The van der Waals surface area contributed by atoms with Crippen molar-refractivity contribution in [3.05, 3.63) is 53.1 Å². The summed E-state index contributed by atoms with van der Waals surface area (Å²) >= 11 is 0. The number of halogens is 3. The second kappa shape index (κ2) is 11.3. The van der Waals surface area contributed by atoms with Gasteiger partial charge in [-0.05, 0) is 56.4 Å². The van der Waals surface area contributed by atoms with E-state index < -0.39 is 35.7 Å². The molecule has 3 aromatic rings. The normalized spacial score (nSPS) is 23.3. The van der Waals surface area contributed by atoms with Crippen molar-refractivity contribution in [3.63, 3.8) is 0 Å². The lowest BCUT2D eigenvalue weighted by molar-refractivity contribution is -0.144. The molecule has 2 heterocycles. The van der Waals surface area contributed by atoms with E-state index in [1.54, 1.807) is 13.0 Å². The predicted octanol–water partition coefficient (Wildman–Crippen LogP) is 5.30. The molecule has 8 nitrogen and oxygen atoms in total. The van der Waals surface area contributed by atoms with E-state index in [1.807, 2.05) is 0 Å². The van der Waals surface area contributed by atoms with Crippen LogP contribution >= 0.6 is 0 Å². The lowest BCUT2D eigenvalue weighted by Gasteiger charge is -2.29. The summed E-state index contributed by atoms with van der Waals surface area (Å²) in [7, 11) is 0. The number of amides is 1. The summed E-state index contributed by atoms with van der Waals surface area (Å²) in [6.07, 6.45) is 0.787. The van der Waals surface area contributed by atoms with Crippen molar-refractivity contribution in [2.24, 2.45) is 5.92 Å². The number of aliphatic carboxylic acids is 1. The molecule has 0 radical (unpaired) electrons. The molecule has 1 aromatic heterocycles. The first kappa shape index (κ1) is 27.0. The number of likely N-dealkylation sites (tertiary alicyclic amines) is 1. The molecule has 5 rings (SSSR count). The molecule has 1 amide bonds. The average Bonchev–Trinajstić information content (AvgIpc) is 3.50. The van der Waals surface area contributed by atoms with Gasteiger partial charge in [0, 0.05) is 17.7 Å². The monoisotopic (exact) mass is 545 g/mol. The van der Waals surface area contributed by atoms with Crippen molar-refractivity contribution in [1.29, 1.82) is 0 Å². The van der Waals surface area contributed by atoms with Crippen LogP contribution in [0.1, 0.15) is 43.2 Å². The standard InChI is InChI=1S/C28H30F3N3O5/c1-15-2-6-18(29)12-23(15)33-28-32-22-9-5-17(25(31)26(22)39-28)10-24(35)34-13-19(30)11-20(34)14-38-21-7-3-16(4-8-21)27(36)37/h2,5-6,9,12,16,19-21H,3-4,7-8,10-11,13-14H2,1H3,(H,32,33)(H,36,37)/t16-,19-,20-,21-/m0/s1. The molecule has 2 atom stereocenters. The molecular weight excluding hydrogens is 515 g/mol. The molecule has 2 aliphatic rings. The fraction of sp³-hybridized carbons (Fsp3) is 0.464. The number of hydrogen-bond acceptors (Lipinski definition) is 6. The Bertz CT molecular complexity index is 1370. The van der Waals surface area contributed by atoms with Crippen LogP contribution in [-0.4, -0.2) is 58.3 Å². The molecule has 1 saturated heterocycles. The van der Waals surface area contributed by atoms with E-state index in [0.717, 1.165) is 5.56 Å². The van der Waals surface area contributed by atoms with Gasteiger partial charge in [-0.25, -0.2) is 13.2 Å². The number of carbonyl (C=O) groups excluding carboxylic acids is 1. The Balaban J connectivity index is 1.23. The third-order valence-electron chi connectivity index (χ3n) is 7.59. The van der Waals surface area contributed by atoms with Gasteiger partial charge >= 0.3 is 5.97 Å². The van der Waals surface area contributed by atoms with E-state index in [0.29, 0.717) is 31.4 Å². The van der Waals surface area contributed by atoms with Crippen molar-refractivity contribution >= 4 is 34.7 Å². The van der Waals surface area contributed by atoms with Crippen LogP contribution in [0, 0.1) is 24.5 Å². The largest absolute Gasteiger partial charge is 0.481 e. The highest BCUT2D eigenvalue weighted by molar-refractivity contribution is 5.83.